The Hall–Kier alpha value is -4.07. The molecule has 0 radical (unpaired) electrons. The molecule has 4 heterocycles. The van der Waals surface area contributed by atoms with Gasteiger partial charge in [-0.15, -0.1) is 0 Å². The number of fused-ring (bicyclic) bond motifs is 1. The van der Waals surface area contributed by atoms with Crippen molar-refractivity contribution in [2.24, 2.45) is 5.73 Å². The van der Waals surface area contributed by atoms with Gasteiger partial charge in [-0.3, -0.25) is 4.57 Å². The molecule has 206 valence electrons. The molecule has 0 aliphatic carbocycles. The molecule has 40 heavy (non-hydrogen) atoms. The number of ether oxygens (including phenoxy) is 1. The summed E-state index contributed by atoms with van der Waals surface area (Å²) in [5.41, 5.74) is 9.63. The summed E-state index contributed by atoms with van der Waals surface area (Å²) in [5, 5.41) is 9.24. The number of pyridine rings is 1. The second-order valence-electron chi connectivity index (χ2n) is 10.5. The first kappa shape index (κ1) is 26.2. The number of benzene rings is 2. The Kier molecular flexibility index (Phi) is 7.09. The maximum absolute atomic E-state index is 15.9. The van der Waals surface area contributed by atoms with Gasteiger partial charge in [0.25, 0.3) is 0 Å². The van der Waals surface area contributed by atoms with E-state index in [-0.39, 0.29) is 23.4 Å². The van der Waals surface area contributed by atoms with Gasteiger partial charge in [0.05, 0.1) is 23.0 Å². The molecule has 2 fully saturated rings. The lowest BCUT2D eigenvalue weighted by Crippen LogP contribution is -2.35. The summed E-state index contributed by atoms with van der Waals surface area (Å²) < 4.78 is 37.8. The first-order valence-electron chi connectivity index (χ1n) is 13.6. The number of hydrogen-bond acceptors (Lipinski definition) is 7. The molecule has 2 aromatic heterocycles. The fourth-order valence-corrected chi connectivity index (χ4v) is 5.80. The SMILES string of the molecule is COC1CCN(c2ccc(-n3c(-c4ccc(C#N)c(F)c4)nc4c(N5CCCCC(N)C5)ccnc43)c(F)c2)C1. The predicted molar refractivity (Wildman–Crippen MR) is 151 cm³/mol. The van der Waals surface area contributed by atoms with E-state index in [1.807, 2.05) is 18.2 Å². The number of halogens is 2. The molecule has 6 rings (SSSR count). The minimum atomic E-state index is -0.664. The Bertz CT molecular complexity index is 1600. The Morgan fingerprint density at radius 2 is 1.85 bits per heavy atom. The molecule has 0 spiro atoms. The van der Waals surface area contributed by atoms with E-state index >= 15 is 4.39 Å². The molecule has 10 heteroatoms. The monoisotopic (exact) mass is 543 g/mol. The van der Waals surface area contributed by atoms with Crippen molar-refractivity contribution in [3.63, 3.8) is 0 Å². The third-order valence-corrected chi connectivity index (χ3v) is 7.94. The first-order chi connectivity index (χ1) is 19.5. The molecule has 2 aromatic carbocycles. The van der Waals surface area contributed by atoms with Gasteiger partial charge >= 0.3 is 0 Å². The molecular formula is C30H31F2N7O. The van der Waals surface area contributed by atoms with Crippen molar-refractivity contribution in [2.45, 2.75) is 37.8 Å². The highest BCUT2D eigenvalue weighted by Gasteiger charge is 2.26. The van der Waals surface area contributed by atoms with Crippen molar-refractivity contribution in [3.05, 3.63) is 65.9 Å². The van der Waals surface area contributed by atoms with Gasteiger partial charge in [-0.05, 0) is 61.7 Å². The number of nitriles is 1. The van der Waals surface area contributed by atoms with Crippen LogP contribution in [0, 0.1) is 23.0 Å². The molecule has 0 bridgehead atoms. The largest absolute Gasteiger partial charge is 0.380 e. The summed E-state index contributed by atoms with van der Waals surface area (Å²) in [4.78, 5) is 13.9. The minimum Gasteiger partial charge on any atom is -0.380 e. The zero-order valence-electron chi connectivity index (χ0n) is 22.4. The minimum absolute atomic E-state index is 0.0353. The van der Waals surface area contributed by atoms with Crippen LogP contribution >= 0.6 is 0 Å². The summed E-state index contributed by atoms with van der Waals surface area (Å²) in [7, 11) is 1.69. The van der Waals surface area contributed by atoms with Crippen LogP contribution in [0.4, 0.5) is 20.2 Å². The van der Waals surface area contributed by atoms with Crippen molar-refractivity contribution in [1.29, 1.82) is 5.26 Å². The van der Waals surface area contributed by atoms with Gasteiger partial charge in [-0.25, -0.2) is 18.7 Å². The topological polar surface area (TPSA) is 96.2 Å². The molecule has 0 saturated carbocycles. The number of nitrogens with two attached hydrogens (primary N) is 1. The number of aromatic nitrogens is 3. The van der Waals surface area contributed by atoms with E-state index in [0.717, 1.165) is 50.1 Å². The second-order valence-corrected chi connectivity index (χ2v) is 10.5. The van der Waals surface area contributed by atoms with Gasteiger partial charge in [0.1, 0.15) is 29.0 Å². The smallest absolute Gasteiger partial charge is 0.167 e. The van der Waals surface area contributed by atoms with E-state index in [9.17, 15) is 9.65 Å². The third-order valence-electron chi connectivity index (χ3n) is 7.94. The van der Waals surface area contributed by atoms with Crippen molar-refractivity contribution in [3.8, 4) is 23.1 Å². The van der Waals surface area contributed by atoms with Crippen LogP contribution in [-0.2, 0) is 4.74 Å². The molecule has 2 saturated heterocycles. The predicted octanol–water partition coefficient (Wildman–Crippen LogP) is 4.78. The van der Waals surface area contributed by atoms with Crippen molar-refractivity contribution in [1.82, 2.24) is 14.5 Å². The molecule has 2 aliphatic heterocycles. The van der Waals surface area contributed by atoms with Crippen LogP contribution in [0.3, 0.4) is 0 Å². The number of hydrogen-bond donors (Lipinski definition) is 1. The van der Waals surface area contributed by atoms with E-state index in [2.05, 4.69) is 14.8 Å². The maximum atomic E-state index is 15.9. The second kappa shape index (κ2) is 10.8. The van der Waals surface area contributed by atoms with Crippen LogP contribution in [0.2, 0.25) is 0 Å². The Morgan fingerprint density at radius 3 is 2.60 bits per heavy atom. The fourth-order valence-electron chi connectivity index (χ4n) is 5.80. The average Bonchev–Trinajstić information content (AvgIpc) is 3.53. The molecule has 2 N–H and O–H groups in total. The van der Waals surface area contributed by atoms with Crippen LogP contribution in [0.5, 0.6) is 0 Å². The molecule has 8 nitrogen and oxygen atoms in total. The van der Waals surface area contributed by atoms with Crippen LogP contribution in [-0.4, -0.2) is 60.0 Å². The normalized spacial score (nSPS) is 19.7. The van der Waals surface area contributed by atoms with Crippen LogP contribution in [0.15, 0.2) is 48.7 Å². The van der Waals surface area contributed by atoms with E-state index in [1.165, 1.54) is 18.2 Å². The van der Waals surface area contributed by atoms with E-state index < -0.39 is 11.6 Å². The van der Waals surface area contributed by atoms with Crippen LogP contribution in [0.1, 0.15) is 31.2 Å². The first-order valence-corrected chi connectivity index (χ1v) is 13.6. The standard InChI is InChI=1S/C30H31F2N7O/c1-40-23-10-13-37(18-23)22-7-8-26(25(32)15-22)39-29(19-5-6-20(16-33)24(31)14-19)36-28-27(9-11-35-30(28)39)38-12-3-2-4-21(34)17-38/h5-9,11,14-15,21,23H,2-4,10,12-13,17-18,34H2,1H3. The summed E-state index contributed by atoms with van der Waals surface area (Å²) in [5.74, 6) is -0.774. The summed E-state index contributed by atoms with van der Waals surface area (Å²) >= 11 is 0. The maximum Gasteiger partial charge on any atom is 0.167 e. The highest BCUT2D eigenvalue weighted by Crippen LogP contribution is 2.35. The van der Waals surface area contributed by atoms with E-state index in [1.54, 1.807) is 30.0 Å². The molecule has 4 aromatic rings. The lowest BCUT2D eigenvalue weighted by atomic mass is 10.1. The van der Waals surface area contributed by atoms with Crippen molar-refractivity contribution >= 4 is 22.5 Å². The Morgan fingerprint density at radius 1 is 0.975 bits per heavy atom. The van der Waals surface area contributed by atoms with Crippen LogP contribution in [0.25, 0.3) is 28.2 Å². The highest BCUT2D eigenvalue weighted by atomic mass is 19.1. The highest BCUT2D eigenvalue weighted by molar-refractivity contribution is 5.90. The molecule has 2 aliphatic rings. The van der Waals surface area contributed by atoms with Gasteiger partial charge in [-0.1, -0.05) is 6.42 Å². The number of nitrogens with zero attached hydrogens (tertiary/aromatic N) is 6. The van der Waals surface area contributed by atoms with Gasteiger partial charge < -0.3 is 20.3 Å². The van der Waals surface area contributed by atoms with Gasteiger partial charge in [0.15, 0.2) is 5.65 Å². The Balaban J connectivity index is 1.51. The fraction of sp³-hybridized carbons (Fsp3) is 0.367. The molecule has 2 atom stereocenters. The van der Waals surface area contributed by atoms with E-state index in [4.69, 9.17) is 15.5 Å². The van der Waals surface area contributed by atoms with Crippen molar-refractivity contribution < 1.29 is 13.5 Å². The lowest BCUT2D eigenvalue weighted by molar-refractivity contribution is 0.121. The zero-order chi connectivity index (χ0) is 27.8. The summed E-state index contributed by atoms with van der Waals surface area (Å²) in [6, 6.07) is 13.2. The molecule has 2 unspecified atom stereocenters. The number of imidazole rings is 1. The molecule has 0 amide bonds. The Labute approximate surface area is 231 Å². The summed E-state index contributed by atoms with van der Waals surface area (Å²) in [6.45, 7) is 2.97. The number of rotatable bonds is 5. The number of anilines is 2. The quantitative estimate of drug-likeness (QED) is 0.387. The lowest BCUT2D eigenvalue weighted by Gasteiger charge is -2.25. The molecular weight excluding hydrogens is 512 g/mol. The third kappa shape index (κ3) is 4.76. The van der Waals surface area contributed by atoms with E-state index in [0.29, 0.717) is 35.6 Å². The summed E-state index contributed by atoms with van der Waals surface area (Å²) in [6.07, 6.45) is 5.70. The van der Waals surface area contributed by atoms with Gasteiger partial charge in [-0.2, -0.15) is 5.26 Å². The average molecular weight is 544 g/mol. The van der Waals surface area contributed by atoms with Crippen molar-refractivity contribution in [2.75, 3.05) is 43.1 Å². The van der Waals surface area contributed by atoms with Gasteiger partial charge in [0, 0.05) is 56.8 Å². The zero-order valence-corrected chi connectivity index (χ0v) is 22.4. The number of methoxy groups -OCH3 is 1. The van der Waals surface area contributed by atoms with Crippen LogP contribution < -0.4 is 15.5 Å². The van der Waals surface area contributed by atoms with Gasteiger partial charge in [0.2, 0.25) is 0 Å².